The van der Waals surface area contributed by atoms with Gasteiger partial charge in [-0.15, -0.1) is 12.4 Å². The van der Waals surface area contributed by atoms with Crippen molar-refractivity contribution in [3.63, 3.8) is 0 Å². The molecule has 2 rings (SSSR count). The molecule has 2 aliphatic rings. The summed E-state index contributed by atoms with van der Waals surface area (Å²) >= 11 is 0. The van der Waals surface area contributed by atoms with Crippen molar-refractivity contribution in [2.75, 3.05) is 13.1 Å². The SMILES string of the molecule is CC(C)(C)OC(=O)N1CC2CCC(N)C2C1.Cl. The van der Waals surface area contributed by atoms with Crippen molar-refractivity contribution in [3.8, 4) is 0 Å². The number of nitrogens with zero attached hydrogens (tertiary/aromatic N) is 1. The number of nitrogens with two attached hydrogens (primary N) is 1. The van der Waals surface area contributed by atoms with Crippen molar-refractivity contribution in [1.82, 2.24) is 4.90 Å². The zero-order valence-electron chi connectivity index (χ0n) is 10.8. The van der Waals surface area contributed by atoms with Gasteiger partial charge in [-0.05, 0) is 45.4 Å². The Bertz CT molecular complexity index is 291. The van der Waals surface area contributed by atoms with Crippen LogP contribution < -0.4 is 5.73 Å². The lowest BCUT2D eigenvalue weighted by molar-refractivity contribution is 0.0279. The van der Waals surface area contributed by atoms with Crippen LogP contribution in [-0.4, -0.2) is 35.7 Å². The fraction of sp³-hybridized carbons (Fsp3) is 0.917. The third-order valence-electron chi connectivity index (χ3n) is 3.56. The molecule has 0 bridgehead atoms. The lowest BCUT2D eigenvalue weighted by atomic mass is 9.98. The molecule has 0 aromatic carbocycles. The first-order valence-electron chi connectivity index (χ1n) is 6.10. The number of amides is 1. The normalized spacial score (nSPS) is 32.0. The molecule has 1 amide bonds. The first-order chi connectivity index (χ1) is 7.37. The van der Waals surface area contributed by atoms with Gasteiger partial charge in [0.25, 0.3) is 0 Å². The summed E-state index contributed by atoms with van der Waals surface area (Å²) < 4.78 is 5.37. The molecular weight excluding hydrogens is 240 g/mol. The third-order valence-corrected chi connectivity index (χ3v) is 3.56. The Kier molecular flexibility index (Phi) is 4.31. The van der Waals surface area contributed by atoms with Crippen LogP contribution in [0.1, 0.15) is 33.6 Å². The van der Waals surface area contributed by atoms with E-state index in [4.69, 9.17) is 10.5 Å². The van der Waals surface area contributed by atoms with Crippen LogP contribution in [0.4, 0.5) is 4.79 Å². The smallest absolute Gasteiger partial charge is 0.410 e. The standard InChI is InChI=1S/C12H22N2O2.ClH/c1-12(2,3)16-11(15)14-6-8-4-5-10(13)9(8)7-14;/h8-10H,4-7,13H2,1-3H3;1H. The van der Waals surface area contributed by atoms with E-state index in [0.29, 0.717) is 11.8 Å². The van der Waals surface area contributed by atoms with Gasteiger partial charge in [0.05, 0.1) is 0 Å². The highest BCUT2D eigenvalue weighted by Crippen LogP contribution is 2.37. The number of carbonyl (C=O) groups excluding carboxylic acids is 1. The molecule has 4 nitrogen and oxygen atoms in total. The summed E-state index contributed by atoms with van der Waals surface area (Å²) in [5.41, 5.74) is 5.62. The van der Waals surface area contributed by atoms with E-state index in [-0.39, 0.29) is 24.5 Å². The Morgan fingerprint density at radius 1 is 1.29 bits per heavy atom. The molecule has 100 valence electrons. The molecule has 1 saturated carbocycles. The highest BCUT2D eigenvalue weighted by atomic mass is 35.5. The zero-order chi connectivity index (χ0) is 11.9. The summed E-state index contributed by atoms with van der Waals surface area (Å²) in [6.45, 7) is 7.29. The van der Waals surface area contributed by atoms with E-state index in [9.17, 15) is 4.79 Å². The summed E-state index contributed by atoms with van der Waals surface area (Å²) in [5.74, 6) is 1.09. The molecule has 17 heavy (non-hydrogen) atoms. The monoisotopic (exact) mass is 262 g/mol. The minimum atomic E-state index is -0.406. The topological polar surface area (TPSA) is 55.6 Å². The molecule has 5 heteroatoms. The number of carbonyl (C=O) groups is 1. The van der Waals surface area contributed by atoms with Crippen LogP contribution >= 0.6 is 12.4 Å². The fourth-order valence-electron chi connectivity index (χ4n) is 2.78. The largest absolute Gasteiger partial charge is 0.444 e. The Morgan fingerprint density at radius 2 is 1.94 bits per heavy atom. The predicted molar refractivity (Wildman–Crippen MR) is 69.2 cm³/mol. The van der Waals surface area contributed by atoms with Gasteiger partial charge < -0.3 is 15.4 Å². The Balaban J connectivity index is 0.00000144. The fourth-order valence-corrected chi connectivity index (χ4v) is 2.78. The van der Waals surface area contributed by atoms with Crippen LogP contribution in [0.25, 0.3) is 0 Å². The summed E-state index contributed by atoms with van der Waals surface area (Å²) in [6.07, 6.45) is 2.08. The molecule has 0 spiro atoms. The number of likely N-dealkylation sites (tertiary alicyclic amines) is 1. The van der Waals surface area contributed by atoms with Crippen molar-refractivity contribution in [2.45, 2.75) is 45.3 Å². The highest BCUT2D eigenvalue weighted by Gasteiger charge is 2.43. The molecule has 1 heterocycles. The minimum Gasteiger partial charge on any atom is -0.444 e. The number of hydrogen-bond donors (Lipinski definition) is 1. The van der Waals surface area contributed by atoms with E-state index in [1.165, 1.54) is 0 Å². The second-order valence-electron chi connectivity index (χ2n) is 6.05. The second-order valence-corrected chi connectivity index (χ2v) is 6.05. The molecule has 0 aromatic heterocycles. The van der Waals surface area contributed by atoms with Gasteiger partial charge in [0.15, 0.2) is 0 Å². The van der Waals surface area contributed by atoms with Crippen LogP contribution in [-0.2, 0) is 4.74 Å². The van der Waals surface area contributed by atoms with E-state index in [1.54, 1.807) is 0 Å². The average molecular weight is 263 g/mol. The van der Waals surface area contributed by atoms with Crippen molar-refractivity contribution >= 4 is 18.5 Å². The maximum Gasteiger partial charge on any atom is 0.410 e. The van der Waals surface area contributed by atoms with E-state index in [2.05, 4.69) is 0 Å². The zero-order valence-corrected chi connectivity index (χ0v) is 11.6. The van der Waals surface area contributed by atoms with Gasteiger partial charge in [-0.1, -0.05) is 0 Å². The van der Waals surface area contributed by atoms with Crippen molar-refractivity contribution < 1.29 is 9.53 Å². The summed E-state index contributed by atoms with van der Waals surface area (Å²) in [7, 11) is 0. The molecular formula is C12H23ClN2O2. The lowest BCUT2D eigenvalue weighted by Gasteiger charge is -2.25. The molecule has 0 aromatic rings. The van der Waals surface area contributed by atoms with Crippen LogP contribution in [0.5, 0.6) is 0 Å². The van der Waals surface area contributed by atoms with Gasteiger partial charge in [0.1, 0.15) is 5.60 Å². The van der Waals surface area contributed by atoms with E-state index in [1.807, 2.05) is 25.7 Å². The molecule has 1 saturated heterocycles. The lowest BCUT2D eigenvalue weighted by Crippen LogP contribution is -2.37. The third kappa shape index (κ3) is 3.26. The molecule has 2 N–H and O–H groups in total. The number of halogens is 1. The molecule has 2 fully saturated rings. The minimum absolute atomic E-state index is 0. The van der Waals surface area contributed by atoms with Gasteiger partial charge in [-0.2, -0.15) is 0 Å². The van der Waals surface area contributed by atoms with Crippen molar-refractivity contribution in [3.05, 3.63) is 0 Å². The van der Waals surface area contributed by atoms with Crippen molar-refractivity contribution in [1.29, 1.82) is 0 Å². The molecule has 3 unspecified atom stereocenters. The Morgan fingerprint density at radius 3 is 2.47 bits per heavy atom. The average Bonchev–Trinajstić information content (AvgIpc) is 2.65. The molecule has 1 aliphatic heterocycles. The van der Waals surface area contributed by atoms with Gasteiger partial charge in [0, 0.05) is 19.1 Å². The Hall–Kier alpha value is -0.480. The molecule has 1 aliphatic carbocycles. The maximum absolute atomic E-state index is 11.9. The number of rotatable bonds is 0. The second kappa shape index (κ2) is 5.02. The van der Waals surface area contributed by atoms with E-state index < -0.39 is 5.60 Å². The molecule has 0 radical (unpaired) electrons. The van der Waals surface area contributed by atoms with Gasteiger partial charge >= 0.3 is 6.09 Å². The summed E-state index contributed by atoms with van der Waals surface area (Å²) in [4.78, 5) is 13.7. The molecule has 3 atom stereocenters. The number of fused-ring (bicyclic) bond motifs is 1. The maximum atomic E-state index is 11.9. The van der Waals surface area contributed by atoms with Crippen LogP contribution in [0.2, 0.25) is 0 Å². The number of ether oxygens (including phenoxy) is 1. The van der Waals surface area contributed by atoms with Crippen LogP contribution in [0, 0.1) is 11.8 Å². The van der Waals surface area contributed by atoms with Crippen LogP contribution in [0.15, 0.2) is 0 Å². The predicted octanol–water partition coefficient (Wildman–Crippen LogP) is 2.01. The first kappa shape index (κ1) is 14.6. The van der Waals surface area contributed by atoms with Crippen LogP contribution in [0.3, 0.4) is 0 Å². The number of hydrogen-bond acceptors (Lipinski definition) is 3. The van der Waals surface area contributed by atoms with Gasteiger partial charge in [0.2, 0.25) is 0 Å². The first-order valence-corrected chi connectivity index (χ1v) is 6.10. The highest BCUT2D eigenvalue weighted by molar-refractivity contribution is 5.85. The summed E-state index contributed by atoms with van der Waals surface area (Å²) in [5, 5.41) is 0. The van der Waals surface area contributed by atoms with E-state index in [0.717, 1.165) is 25.9 Å². The van der Waals surface area contributed by atoms with Gasteiger partial charge in [-0.3, -0.25) is 0 Å². The summed E-state index contributed by atoms with van der Waals surface area (Å²) in [6, 6.07) is 0.275. The Labute approximate surface area is 109 Å². The van der Waals surface area contributed by atoms with Gasteiger partial charge in [-0.25, -0.2) is 4.79 Å². The van der Waals surface area contributed by atoms with Crippen molar-refractivity contribution in [2.24, 2.45) is 17.6 Å². The quantitative estimate of drug-likeness (QED) is 0.727. The van der Waals surface area contributed by atoms with E-state index >= 15 is 0 Å².